The Kier molecular flexibility index (Phi) is 6.00. The van der Waals surface area contributed by atoms with Gasteiger partial charge in [-0.1, -0.05) is 6.08 Å². The molecule has 4 N–H and O–H groups in total. The summed E-state index contributed by atoms with van der Waals surface area (Å²) in [6.45, 7) is 6.57. The van der Waals surface area contributed by atoms with Gasteiger partial charge in [0.15, 0.2) is 5.11 Å². The third kappa shape index (κ3) is 7.01. The van der Waals surface area contributed by atoms with E-state index >= 15 is 0 Å². The van der Waals surface area contributed by atoms with Crippen molar-refractivity contribution >= 4 is 23.7 Å². The monoisotopic (exact) mass is 186 g/mol. The maximum absolute atomic E-state index is 4.62. The summed E-state index contributed by atoms with van der Waals surface area (Å²) >= 11 is 4.09. The molecule has 0 fully saturated rings. The van der Waals surface area contributed by atoms with E-state index in [9.17, 15) is 0 Å². The second kappa shape index (κ2) is 6.60. The first-order chi connectivity index (χ1) is 5.66. The van der Waals surface area contributed by atoms with E-state index in [0.29, 0.717) is 0 Å². The van der Waals surface area contributed by atoms with Crippen LogP contribution in [0.5, 0.6) is 0 Å². The Balaban J connectivity index is 0.000000261. The average molecular weight is 186 g/mol. The van der Waals surface area contributed by atoms with Crippen molar-refractivity contribution in [3.05, 3.63) is 12.7 Å². The Morgan fingerprint density at radius 3 is 2.67 bits per heavy atom. The summed E-state index contributed by atoms with van der Waals surface area (Å²) in [5, 5.41) is 0.000000000000000222. The second-order valence-electron chi connectivity index (χ2n) is 2.21. The molecule has 0 aromatic carbocycles. The normalized spacial score (nSPS) is 13.5. The zero-order chi connectivity index (χ0) is 9.40. The molecular weight excluding hydrogens is 172 g/mol. The van der Waals surface area contributed by atoms with Crippen LogP contribution in [0.4, 0.5) is 0 Å². The highest BCUT2D eigenvalue weighted by Gasteiger charge is 1.99. The van der Waals surface area contributed by atoms with Crippen LogP contribution in [0.2, 0.25) is 0 Å². The summed E-state index contributed by atoms with van der Waals surface area (Å²) in [6, 6.07) is 0. The summed E-state index contributed by atoms with van der Waals surface area (Å²) in [6.07, 6.45) is 3.76. The van der Waals surface area contributed by atoms with Crippen LogP contribution in [0.15, 0.2) is 17.6 Å². The van der Waals surface area contributed by atoms with Crippen LogP contribution in [-0.4, -0.2) is 36.0 Å². The summed E-state index contributed by atoms with van der Waals surface area (Å²) < 4.78 is 0. The smallest absolute Gasteiger partial charge is 0.160 e. The van der Waals surface area contributed by atoms with Crippen LogP contribution in [-0.2, 0) is 0 Å². The largest absolute Gasteiger partial charge is 0.377 e. The predicted octanol–water partition coefficient (Wildman–Crippen LogP) is -0.295. The van der Waals surface area contributed by atoms with Crippen molar-refractivity contribution in [3.8, 4) is 0 Å². The quantitative estimate of drug-likeness (QED) is 0.459. The van der Waals surface area contributed by atoms with Gasteiger partial charge in [-0.05, 0) is 12.2 Å². The number of hydrogen-bond acceptors (Lipinski definition) is 3. The van der Waals surface area contributed by atoms with Crippen LogP contribution in [0.25, 0.3) is 0 Å². The van der Waals surface area contributed by atoms with E-state index in [2.05, 4.69) is 40.2 Å². The van der Waals surface area contributed by atoms with Crippen LogP contribution in [0, 0.1) is 0 Å². The molecule has 0 spiro atoms. The fourth-order valence-electron chi connectivity index (χ4n) is 0.721. The highest BCUT2D eigenvalue weighted by Crippen LogP contribution is 1.90. The minimum atomic E-state index is 0.000000000000000222. The molecular formula is C7H14N4S. The van der Waals surface area contributed by atoms with Crippen molar-refractivity contribution in [1.82, 2.24) is 4.90 Å². The number of rotatable bonds is 2. The van der Waals surface area contributed by atoms with Crippen molar-refractivity contribution in [2.45, 2.75) is 0 Å². The van der Waals surface area contributed by atoms with Crippen molar-refractivity contribution in [2.24, 2.45) is 16.5 Å². The first-order valence-electron chi connectivity index (χ1n) is 3.56. The van der Waals surface area contributed by atoms with Gasteiger partial charge in [-0.3, -0.25) is 4.99 Å². The molecule has 0 radical (unpaired) electrons. The van der Waals surface area contributed by atoms with Gasteiger partial charge in [0.1, 0.15) is 0 Å². The molecule has 4 nitrogen and oxygen atoms in total. The number of nitrogens with zero attached hydrogens (tertiary/aromatic N) is 2. The Morgan fingerprint density at radius 2 is 2.33 bits per heavy atom. The molecule has 0 aromatic heterocycles. The van der Waals surface area contributed by atoms with E-state index < -0.39 is 0 Å². The van der Waals surface area contributed by atoms with Crippen LogP contribution >= 0.6 is 12.2 Å². The standard InChI is InChI=1S/C6H10N2.CH4N2S/c1-2-4-8-5-3-7-6-8;2-1(3)4/h2,6H,1,3-5H2;(H4,2,3,4). The Morgan fingerprint density at radius 1 is 1.75 bits per heavy atom. The first kappa shape index (κ1) is 10.9. The summed E-state index contributed by atoms with van der Waals surface area (Å²) in [5.74, 6) is 0. The van der Waals surface area contributed by atoms with Crippen molar-refractivity contribution < 1.29 is 0 Å². The van der Waals surface area contributed by atoms with E-state index in [-0.39, 0.29) is 5.11 Å². The number of thiocarbonyl (C=S) groups is 1. The minimum Gasteiger partial charge on any atom is -0.377 e. The van der Waals surface area contributed by atoms with Gasteiger partial charge < -0.3 is 16.4 Å². The molecule has 0 atom stereocenters. The fraction of sp³-hybridized carbons (Fsp3) is 0.429. The molecule has 1 aliphatic heterocycles. The van der Waals surface area contributed by atoms with Gasteiger partial charge in [-0.15, -0.1) is 6.58 Å². The van der Waals surface area contributed by atoms with Gasteiger partial charge in [0.05, 0.1) is 12.9 Å². The first-order valence-corrected chi connectivity index (χ1v) is 3.97. The zero-order valence-electron chi connectivity index (χ0n) is 6.94. The molecule has 0 aliphatic carbocycles. The number of aliphatic imine (C=N–C) groups is 1. The van der Waals surface area contributed by atoms with Gasteiger partial charge >= 0.3 is 0 Å². The van der Waals surface area contributed by atoms with Crippen LogP contribution < -0.4 is 11.5 Å². The number of nitrogens with two attached hydrogens (primary N) is 2. The van der Waals surface area contributed by atoms with Crippen molar-refractivity contribution in [3.63, 3.8) is 0 Å². The predicted molar refractivity (Wildman–Crippen MR) is 56.1 cm³/mol. The van der Waals surface area contributed by atoms with E-state index in [0.717, 1.165) is 19.6 Å². The molecule has 0 amide bonds. The Bertz CT molecular complexity index is 174. The van der Waals surface area contributed by atoms with E-state index in [1.54, 1.807) is 0 Å². The summed E-state index contributed by atoms with van der Waals surface area (Å²) in [5.41, 5.74) is 9.24. The molecule has 1 heterocycles. The average Bonchev–Trinajstić information content (AvgIpc) is 2.39. The molecule has 0 saturated carbocycles. The minimum absolute atomic E-state index is 0.000000000000000222. The Labute approximate surface area is 77.9 Å². The zero-order valence-corrected chi connectivity index (χ0v) is 7.76. The molecule has 68 valence electrons. The maximum Gasteiger partial charge on any atom is 0.160 e. The lowest BCUT2D eigenvalue weighted by atomic mass is 10.5. The van der Waals surface area contributed by atoms with Gasteiger partial charge in [-0.2, -0.15) is 0 Å². The highest BCUT2D eigenvalue weighted by molar-refractivity contribution is 7.80. The van der Waals surface area contributed by atoms with Gasteiger partial charge in [0.25, 0.3) is 0 Å². The van der Waals surface area contributed by atoms with Gasteiger partial charge in [0.2, 0.25) is 0 Å². The van der Waals surface area contributed by atoms with Crippen LogP contribution in [0.1, 0.15) is 0 Å². The van der Waals surface area contributed by atoms with Gasteiger partial charge in [-0.25, -0.2) is 0 Å². The fourth-order valence-corrected chi connectivity index (χ4v) is 0.721. The maximum atomic E-state index is 4.62. The lowest BCUT2D eigenvalue weighted by Gasteiger charge is -2.08. The van der Waals surface area contributed by atoms with Crippen molar-refractivity contribution in [1.29, 1.82) is 0 Å². The highest BCUT2D eigenvalue weighted by atomic mass is 32.1. The molecule has 1 aliphatic rings. The van der Waals surface area contributed by atoms with Crippen LogP contribution in [0.3, 0.4) is 0 Å². The summed E-state index contributed by atoms with van der Waals surface area (Å²) in [7, 11) is 0. The molecule has 1 rings (SSSR count). The second-order valence-corrected chi connectivity index (χ2v) is 2.68. The SMILES string of the molecule is C=CCN1C=NCC1.NC(N)=S. The topological polar surface area (TPSA) is 67.6 Å². The third-order valence-corrected chi connectivity index (χ3v) is 1.12. The molecule has 0 aromatic rings. The summed E-state index contributed by atoms with van der Waals surface area (Å²) in [4.78, 5) is 6.17. The molecule has 0 unspecified atom stereocenters. The number of hydrogen-bond donors (Lipinski definition) is 2. The lowest BCUT2D eigenvalue weighted by molar-refractivity contribution is 0.519. The third-order valence-electron chi connectivity index (χ3n) is 1.12. The molecule has 0 bridgehead atoms. The van der Waals surface area contributed by atoms with Crippen molar-refractivity contribution in [2.75, 3.05) is 19.6 Å². The van der Waals surface area contributed by atoms with Gasteiger partial charge in [0, 0.05) is 13.1 Å². The van der Waals surface area contributed by atoms with E-state index in [1.807, 2.05) is 12.4 Å². The van der Waals surface area contributed by atoms with E-state index in [1.165, 1.54) is 0 Å². The molecule has 5 heteroatoms. The molecule has 0 saturated heterocycles. The lowest BCUT2D eigenvalue weighted by Crippen LogP contribution is -2.18. The Hall–Kier alpha value is -1.10. The molecule has 12 heavy (non-hydrogen) atoms. The van der Waals surface area contributed by atoms with E-state index in [4.69, 9.17) is 0 Å².